The number of amides is 1. The van der Waals surface area contributed by atoms with Crippen LogP contribution in [-0.4, -0.2) is 45.5 Å². The molecule has 0 spiro atoms. The molecular formula is C21H28N2O5S. The predicted octanol–water partition coefficient (Wildman–Crippen LogP) is 3.44. The molecule has 7 nitrogen and oxygen atoms in total. The van der Waals surface area contributed by atoms with Crippen molar-refractivity contribution in [1.82, 2.24) is 4.90 Å². The molecule has 1 N–H and O–H groups in total. The quantitative estimate of drug-likeness (QED) is 0.636. The average Bonchev–Trinajstić information content (AvgIpc) is 2.69. The van der Waals surface area contributed by atoms with Gasteiger partial charge in [-0.25, -0.2) is 8.42 Å². The molecule has 2 aromatic carbocycles. The van der Waals surface area contributed by atoms with Crippen molar-refractivity contribution in [2.24, 2.45) is 0 Å². The molecule has 1 amide bonds. The van der Waals surface area contributed by atoms with Gasteiger partial charge in [-0.15, -0.1) is 0 Å². The number of hydrogen-bond acceptors (Lipinski definition) is 5. The summed E-state index contributed by atoms with van der Waals surface area (Å²) >= 11 is 0. The van der Waals surface area contributed by atoms with Crippen molar-refractivity contribution < 1.29 is 22.7 Å². The maximum atomic E-state index is 12.7. The standard InChI is InChI=1S/C21H28N2O5S/c1-5-23(6-2)21(24)15-28-20-13-12-19(14-16(20)4)29(25,26)22-17-8-10-18(11-9-17)27-7-3/h8-14,22H,5-7,15H2,1-4H3. The van der Waals surface area contributed by atoms with Crippen molar-refractivity contribution >= 4 is 21.6 Å². The van der Waals surface area contributed by atoms with E-state index in [4.69, 9.17) is 9.47 Å². The Morgan fingerprint density at radius 2 is 1.66 bits per heavy atom. The first-order valence-corrected chi connectivity index (χ1v) is 11.1. The van der Waals surface area contributed by atoms with Crippen molar-refractivity contribution in [1.29, 1.82) is 0 Å². The molecule has 0 aliphatic carbocycles. The minimum atomic E-state index is -3.75. The van der Waals surface area contributed by atoms with E-state index in [9.17, 15) is 13.2 Å². The maximum Gasteiger partial charge on any atom is 0.261 e. The number of anilines is 1. The number of nitrogens with one attached hydrogen (secondary N) is 1. The van der Waals surface area contributed by atoms with Gasteiger partial charge in [0.15, 0.2) is 6.61 Å². The molecule has 0 atom stereocenters. The van der Waals surface area contributed by atoms with Crippen LogP contribution in [0.1, 0.15) is 26.3 Å². The van der Waals surface area contributed by atoms with Crippen LogP contribution in [0.2, 0.25) is 0 Å². The maximum absolute atomic E-state index is 12.7. The van der Waals surface area contributed by atoms with E-state index >= 15 is 0 Å². The highest BCUT2D eigenvalue weighted by Crippen LogP contribution is 2.24. The summed E-state index contributed by atoms with van der Waals surface area (Å²) in [4.78, 5) is 13.9. The fraction of sp³-hybridized carbons (Fsp3) is 0.381. The molecule has 8 heteroatoms. The number of nitrogens with zero attached hydrogens (tertiary/aromatic N) is 1. The lowest BCUT2D eigenvalue weighted by molar-refractivity contribution is -0.132. The van der Waals surface area contributed by atoms with Crippen molar-refractivity contribution in [3.05, 3.63) is 48.0 Å². The third-order valence-electron chi connectivity index (χ3n) is 4.34. The number of hydrogen-bond donors (Lipinski definition) is 1. The second kappa shape index (κ2) is 10.2. The van der Waals surface area contributed by atoms with Gasteiger partial charge in [-0.05, 0) is 75.7 Å². The molecule has 0 bridgehead atoms. The highest BCUT2D eigenvalue weighted by atomic mass is 32.2. The summed E-state index contributed by atoms with van der Waals surface area (Å²) in [5.74, 6) is 1.04. The minimum absolute atomic E-state index is 0.0843. The molecule has 29 heavy (non-hydrogen) atoms. The van der Waals surface area contributed by atoms with E-state index < -0.39 is 10.0 Å². The Bertz CT molecular complexity index is 923. The van der Waals surface area contributed by atoms with Crippen molar-refractivity contribution in [3.8, 4) is 11.5 Å². The molecule has 2 aromatic rings. The summed E-state index contributed by atoms with van der Waals surface area (Å²) in [6, 6.07) is 11.2. The molecule has 158 valence electrons. The first-order valence-electron chi connectivity index (χ1n) is 9.57. The Labute approximate surface area is 172 Å². The molecule has 0 heterocycles. The molecular weight excluding hydrogens is 392 g/mol. The highest BCUT2D eigenvalue weighted by molar-refractivity contribution is 7.92. The molecule has 0 saturated heterocycles. The van der Waals surface area contributed by atoms with Gasteiger partial charge in [0, 0.05) is 18.8 Å². The summed E-state index contributed by atoms with van der Waals surface area (Å²) in [5, 5.41) is 0. The van der Waals surface area contributed by atoms with E-state index in [1.807, 2.05) is 20.8 Å². The van der Waals surface area contributed by atoms with E-state index in [0.29, 0.717) is 42.4 Å². The molecule has 2 rings (SSSR count). The lowest BCUT2D eigenvalue weighted by atomic mass is 10.2. The van der Waals surface area contributed by atoms with Crippen LogP contribution >= 0.6 is 0 Å². The van der Waals surface area contributed by atoms with Crippen LogP contribution < -0.4 is 14.2 Å². The summed E-state index contributed by atoms with van der Waals surface area (Å²) in [6.07, 6.45) is 0. The first-order chi connectivity index (χ1) is 13.8. The minimum Gasteiger partial charge on any atom is -0.494 e. The van der Waals surface area contributed by atoms with E-state index in [1.54, 1.807) is 42.2 Å². The number of benzene rings is 2. The third kappa shape index (κ3) is 6.12. The van der Waals surface area contributed by atoms with Crippen LogP contribution in [0.15, 0.2) is 47.4 Å². The van der Waals surface area contributed by atoms with Gasteiger partial charge in [0.25, 0.3) is 15.9 Å². The topological polar surface area (TPSA) is 84.9 Å². The summed E-state index contributed by atoms with van der Waals surface area (Å²) < 4.78 is 38.8. The highest BCUT2D eigenvalue weighted by Gasteiger charge is 2.17. The fourth-order valence-electron chi connectivity index (χ4n) is 2.76. The number of sulfonamides is 1. The number of ether oxygens (including phenoxy) is 2. The molecule has 0 radical (unpaired) electrons. The largest absolute Gasteiger partial charge is 0.494 e. The lowest BCUT2D eigenvalue weighted by Gasteiger charge is -2.19. The Balaban J connectivity index is 2.08. The van der Waals surface area contributed by atoms with Crippen LogP contribution in [0, 0.1) is 6.92 Å². The van der Waals surface area contributed by atoms with E-state index in [2.05, 4.69) is 4.72 Å². The molecule has 0 aliphatic heterocycles. The predicted molar refractivity (Wildman–Crippen MR) is 113 cm³/mol. The third-order valence-corrected chi connectivity index (χ3v) is 5.72. The molecule has 0 fully saturated rings. The molecule has 0 unspecified atom stereocenters. The van der Waals surface area contributed by atoms with Gasteiger partial charge in [0.1, 0.15) is 11.5 Å². The van der Waals surface area contributed by atoms with Crippen molar-refractivity contribution in [2.75, 3.05) is 31.0 Å². The Kier molecular flexibility index (Phi) is 7.90. The zero-order valence-electron chi connectivity index (χ0n) is 17.3. The normalized spacial score (nSPS) is 11.0. The number of aryl methyl sites for hydroxylation is 1. The van der Waals surface area contributed by atoms with Gasteiger partial charge < -0.3 is 14.4 Å². The fourth-order valence-corrected chi connectivity index (χ4v) is 3.90. The number of likely N-dealkylation sites (N-methyl/N-ethyl adjacent to an activating group) is 1. The lowest BCUT2D eigenvalue weighted by Crippen LogP contribution is -2.34. The second-order valence-corrected chi connectivity index (χ2v) is 8.03. The summed E-state index contributed by atoms with van der Waals surface area (Å²) in [7, 11) is -3.75. The van der Waals surface area contributed by atoms with E-state index in [0.717, 1.165) is 0 Å². The van der Waals surface area contributed by atoms with Gasteiger partial charge in [0.2, 0.25) is 0 Å². The number of rotatable bonds is 10. The SMILES string of the molecule is CCOc1ccc(NS(=O)(=O)c2ccc(OCC(=O)N(CC)CC)c(C)c2)cc1. The van der Waals surface area contributed by atoms with Gasteiger partial charge in [-0.3, -0.25) is 9.52 Å². The van der Waals surface area contributed by atoms with E-state index in [1.165, 1.54) is 12.1 Å². The van der Waals surface area contributed by atoms with Crippen LogP contribution in [-0.2, 0) is 14.8 Å². The van der Waals surface area contributed by atoms with E-state index in [-0.39, 0.29) is 17.4 Å². The van der Waals surface area contributed by atoms with Gasteiger partial charge in [-0.2, -0.15) is 0 Å². The number of carbonyl (C=O) groups excluding carboxylic acids is 1. The average molecular weight is 421 g/mol. The summed E-state index contributed by atoms with van der Waals surface area (Å²) in [5.41, 5.74) is 1.07. The summed E-state index contributed by atoms with van der Waals surface area (Å²) in [6.45, 7) is 9.13. The van der Waals surface area contributed by atoms with Gasteiger partial charge in [-0.1, -0.05) is 0 Å². The van der Waals surface area contributed by atoms with Gasteiger partial charge >= 0.3 is 0 Å². The van der Waals surface area contributed by atoms with Crippen molar-refractivity contribution in [2.45, 2.75) is 32.6 Å². The van der Waals surface area contributed by atoms with Gasteiger partial charge in [0.05, 0.1) is 11.5 Å². The van der Waals surface area contributed by atoms with Crippen LogP contribution in [0.4, 0.5) is 5.69 Å². The Hall–Kier alpha value is -2.74. The number of carbonyl (C=O) groups is 1. The second-order valence-electron chi connectivity index (χ2n) is 6.34. The van der Waals surface area contributed by atoms with Crippen LogP contribution in [0.5, 0.6) is 11.5 Å². The zero-order chi connectivity index (χ0) is 21.4. The van der Waals surface area contributed by atoms with Crippen molar-refractivity contribution in [3.63, 3.8) is 0 Å². The molecule has 0 saturated carbocycles. The molecule has 0 aromatic heterocycles. The van der Waals surface area contributed by atoms with Crippen LogP contribution in [0.3, 0.4) is 0 Å². The Morgan fingerprint density at radius 1 is 1.00 bits per heavy atom. The monoisotopic (exact) mass is 420 g/mol. The molecule has 0 aliphatic rings. The first kappa shape index (κ1) is 22.5. The Morgan fingerprint density at radius 3 is 2.21 bits per heavy atom. The smallest absolute Gasteiger partial charge is 0.261 e. The van der Waals surface area contributed by atoms with Crippen LogP contribution in [0.25, 0.3) is 0 Å². The zero-order valence-corrected chi connectivity index (χ0v) is 18.1.